The van der Waals surface area contributed by atoms with Gasteiger partial charge in [-0.15, -0.1) is 0 Å². The van der Waals surface area contributed by atoms with Crippen LogP contribution in [0.3, 0.4) is 0 Å². The smallest absolute Gasteiger partial charge is 0.164 e. The zero-order valence-corrected chi connectivity index (χ0v) is 14.4. The minimum Gasteiger partial charge on any atom is -0.493 e. The summed E-state index contributed by atoms with van der Waals surface area (Å²) in [5.74, 6) is 1.71. The van der Waals surface area contributed by atoms with Crippen LogP contribution in [0.1, 0.15) is 29.7 Å². The van der Waals surface area contributed by atoms with Gasteiger partial charge in [-0.3, -0.25) is 0 Å². The van der Waals surface area contributed by atoms with E-state index < -0.39 is 0 Å². The maximum absolute atomic E-state index is 5.87. The van der Waals surface area contributed by atoms with Crippen LogP contribution in [0.25, 0.3) is 0 Å². The molecule has 0 spiro atoms. The molecule has 0 radical (unpaired) electrons. The molecule has 116 valence electrons. The normalized spacial score (nSPS) is 17.0. The lowest BCUT2D eigenvalue weighted by molar-refractivity contribution is 0.305. The topological polar surface area (TPSA) is 30.5 Å². The van der Waals surface area contributed by atoms with E-state index in [0.29, 0.717) is 6.61 Å². The first-order valence-electron chi connectivity index (χ1n) is 7.56. The highest BCUT2D eigenvalue weighted by Crippen LogP contribution is 2.40. The molecule has 1 atom stereocenters. The molecule has 22 heavy (non-hydrogen) atoms. The van der Waals surface area contributed by atoms with Gasteiger partial charge in [-0.05, 0) is 42.7 Å². The predicted molar refractivity (Wildman–Crippen MR) is 91.9 cm³/mol. The molecule has 3 rings (SSSR count). The molecule has 1 aliphatic heterocycles. The molecule has 0 bridgehead atoms. The first kappa shape index (κ1) is 15.4. The van der Waals surface area contributed by atoms with Gasteiger partial charge in [0, 0.05) is 16.6 Å². The van der Waals surface area contributed by atoms with Crippen molar-refractivity contribution in [2.24, 2.45) is 0 Å². The number of nitrogens with one attached hydrogen (secondary N) is 1. The van der Waals surface area contributed by atoms with Crippen molar-refractivity contribution >= 4 is 15.9 Å². The molecule has 1 aliphatic rings. The summed E-state index contributed by atoms with van der Waals surface area (Å²) in [6.07, 6.45) is 0.951. The van der Waals surface area contributed by atoms with Gasteiger partial charge >= 0.3 is 0 Å². The summed E-state index contributed by atoms with van der Waals surface area (Å²) < 4.78 is 12.4. The van der Waals surface area contributed by atoms with E-state index in [1.807, 2.05) is 19.1 Å². The highest BCUT2D eigenvalue weighted by atomic mass is 79.9. The van der Waals surface area contributed by atoms with Crippen LogP contribution in [-0.4, -0.2) is 20.3 Å². The lowest BCUT2D eigenvalue weighted by Gasteiger charge is -2.29. The fraction of sp³-hybridized carbons (Fsp3) is 0.333. The SMILES string of the molecule is CCOc1c(OC)ccc2c1CCNC2c1cccc(Br)c1. The molecule has 1 unspecified atom stereocenters. The Kier molecular flexibility index (Phi) is 4.69. The van der Waals surface area contributed by atoms with Gasteiger partial charge in [0.1, 0.15) is 0 Å². The molecule has 0 aromatic heterocycles. The van der Waals surface area contributed by atoms with Crippen LogP contribution in [0.5, 0.6) is 11.5 Å². The summed E-state index contributed by atoms with van der Waals surface area (Å²) in [7, 11) is 1.69. The van der Waals surface area contributed by atoms with Crippen LogP contribution in [-0.2, 0) is 6.42 Å². The predicted octanol–water partition coefficient (Wildman–Crippen LogP) is 4.09. The molecule has 0 aliphatic carbocycles. The first-order chi connectivity index (χ1) is 10.7. The number of rotatable bonds is 4. The van der Waals surface area contributed by atoms with E-state index in [1.54, 1.807) is 7.11 Å². The van der Waals surface area contributed by atoms with Crippen molar-refractivity contribution in [1.29, 1.82) is 0 Å². The third-order valence-electron chi connectivity index (χ3n) is 3.99. The van der Waals surface area contributed by atoms with Gasteiger partial charge in [-0.25, -0.2) is 0 Å². The number of methoxy groups -OCH3 is 1. The Balaban J connectivity index is 2.09. The summed E-state index contributed by atoms with van der Waals surface area (Å²) in [6, 6.07) is 12.8. The van der Waals surface area contributed by atoms with Crippen molar-refractivity contribution < 1.29 is 9.47 Å². The molecule has 0 saturated carbocycles. The average molecular weight is 362 g/mol. The average Bonchev–Trinajstić information content (AvgIpc) is 2.55. The largest absolute Gasteiger partial charge is 0.493 e. The summed E-state index contributed by atoms with van der Waals surface area (Å²) in [5, 5.41) is 3.61. The minimum absolute atomic E-state index is 0.186. The third kappa shape index (κ3) is 2.85. The van der Waals surface area contributed by atoms with Crippen molar-refractivity contribution in [2.45, 2.75) is 19.4 Å². The van der Waals surface area contributed by atoms with Crippen molar-refractivity contribution in [3.63, 3.8) is 0 Å². The van der Waals surface area contributed by atoms with Crippen molar-refractivity contribution in [1.82, 2.24) is 5.32 Å². The number of halogens is 1. The molecule has 4 heteroatoms. The lowest BCUT2D eigenvalue weighted by atomic mass is 9.89. The van der Waals surface area contributed by atoms with Gasteiger partial charge in [-0.2, -0.15) is 0 Å². The quantitative estimate of drug-likeness (QED) is 0.889. The van der Waals surface area contributed by atoms with Crippen molar-refractivity contribution in [3.8, 4) is 11.5 Å². The van der Waals surface area contributed by atoms with Crippen molar-refractivity contribution in [3.05, 3.63) is 57.6 Å². The fourth-order valence-corrected chi connectivity index (χ4v) is 3.47. The van der Waals surface area contributed by atoms with Gasteiger partial charge in [0.05, 0.1) is 19.8 Å². The van der Waals surface area contributed by atoms with E-state index >= 15 is 0 Å². The molecule has 2 aromatic carbocycles. The molecule has 0 saturated heterocycles. The summed E-state index contributed by atoms with van der Waals surface area (Å²) >= 11 is 3.56. The zero-order valence-electron chi connectivity index (χ0n) is 12.9. The highest BCUT2D eigenvalue weighted by Gasteiger charge is 2.26. The molecule has 0 amide bonds. The van der Waals surface area contributed by atoms with E-state index in [9.17, 15) is 0 Å². The summed E-state index contributed by atoms with van der Waals surface area (Å²) in [6.45, 7) is 3.57. The number of ether oxygens (including phenoxy) is 2. The Morgan fingerprint density at radius 3 is 2.86 bits per heavy atom. The minimum atomic E-state index is 0.186. The van der Waals surface area contributed by atoms with E-state index in [4.69, 9.17) is 9.47 Å². The van der Waals surface area contributed by atoms with Gasteiger partial charge in [-0.1, -0.05) is 34.1 Å². The Hall–Kier alpha value is -1.52. The number of hydrogen-bond donors (Lipinski definition) is 1. The molecular weight excluding hydrogens is 342 g/mol. The lowest BCUT2D eigenvalue weighted by Crippen LogP contribution is -2.31. The summed E-state index contributed by atoms with van der Waals surface area (Å²) in [4.78, 5) is 0. The number of fused-ring (bicyclic) bond motifs is 1. The van der Waals surface area contributed by atoms with Gasteiger partial charge in [0.15, 0.2) is 11.5 Å². The molecule has 2 aromatic rings. The van der Waals surface area contributed by atoms with Gasteiger partial charge < -0.3 is 14.8 Å². The summed E-state index contributed by atoms with van der Waals surface area (Å²) in [5.41, 5.74) is 3.78. The fourth-order valence-electron chi connectivity index (χ4n) is 3.05. The Morgan fingerprint density at radius 2 is 2.14 bits per heavy atom. The molecular formula is C18H20BrNO2. The maximum Gasteiger partial charge on any atom is 0.164 e. The van der Waals surface area contributed by atoms with Crippen LogP contribution in [0.15, 0.2) is 40.9 Å². The van der Waals surface area contributed by atoms with Crippen LogP contribution >= 0.6 is 15.9 Å². The molecule has 0 fully saturated rings. The van der Waals surface area contributed by atoms with Gasteiger partial charge in [0.2, 0.25) is 0 Å². The highest BCUT2D eigenvalue weighted by molar-refractivity contribution is 9.10. The van der Waals surface area contributed by atoms with E-state index in [2.05, 4.69) is 45.5 Å². The Bertz CT molecular complexity index is 672. The number of benzene rings is 2. The Morgan fingerprint density at radius 1 is 1.27 bits per heavy atom. The Labute approximate surface area is 139 Å². The van der Waals surface area contributed by atoms with Crippen LogP contribution in [0.2, 0.25) is 0 Å². The van der Waals surface area contributed by atoms with Crippen molar-refractivity contribution in [2.75, 3.05) is 20.3 Å². The molecule has 1 N–H and O–H groups in total. The van der Waals surface area contributed by atoms with Crippen LogP contribution < -0.4 is 14.8 Å². The second-order valence-electron chi connectivity index (χ2n) is 5.29. The third-order valence-corrected chi connectivity index (χ3v) is 4.48. The molecule has 3 nitrogen and oxygen atoms in total. The first-order valence-corrected chi connectivity index (χ1v) is 8.35. The molecule has 1 heterocycles. The second-order valence-corrected chi connectivity index (χ2v) is 6.21. The van der Waals surface area contributed by atoms with Crippen LogP contribution in [0.4, 0.5) is 0 Å². The monoisotopic (exact) mass is 361 g/mol. The van der Waals surface area contributed by atoms with E-state index in [1.165, 1.54) is 16.7 Å². The van der Waals surface area contributed by atoms with E-state index in [0.717, 1.165) is 28.9 Å². The zero-order chi connectivity index (χ0) is 15.5. The number of hydrogen-bond acceptors (Lipinski definition) is 3. The second kappa shape index (κ2) is 6.71. The van der Waals surface area contributed by atoms with Crippen LogP contribution in [0, 0.1) is 0 Å². The van der Waals surface area contributed by atoms with E-state index in [-0.39, 0.29) is 6.04 Å². The van der Waals surface area contributed by atoms with Gasteiger partial charge in [0.25, 0.3) is 0 Å². The standard InChI is InChI=1S/C18H20BrNO2/c1-3-22-18-15-9-10-20-17(12-5-4-6-13(19)11-12)14(15)7-8-16(18)21-2/h4-8,11,17,20H,3,9-10H2,1-2H3. The maximum atomic E-state index is 5.87.